The second-order valence-electron chi connectivity index (χ2n) is 7.85. The summed E-state index contributed by atoms with van der Waals surface area (Å²) in [4.78, 5) is 1.51. The number of para-hydroxylation sites is 1. The monoisotopic (exact) mass is 371 g/mol. The Morgan fingerprint density at radius 2 is 1.32 bits per heavy atom. The maximum absolute atomic E-state index is 11.1. The number of rotatable bonds is 4. The third kappa shape index (κ3) is 3.26. The van der Waals surface area contributed by atoms with Crippen LogP contribution in [-0.2, 0) is 0 Å². The quantitative estimate of drug-likeness (QED) is 0.476. The Morgan fingerprint density at radius 3 is 1.86 bits per heavy atom. The van der Waals surface area contributed by atoms with E-state index in [0.29, 0.717) is 17.5 Å². The van der Waals surface area contributed by atoms with E-state index in [4.69, 9.17) is 0 Å². The summed E-state index contributed by atoms with van der Waals surface area (Å²) in [5, 5.41) is 20.1. The van der Waals surface area contributed by atoms with Gasteiger partial charge in [0.05, 0.1) is 0 Å². The number of fused-ring (bicyclic) bond motifs is 1. The number of nitrogens with zero attached hydrogens (tertiary/aromatic N) is 3. The summed E-state index contributed by atoms with van der Waals surface area (Å²) in [6.45, 7) is 8.77. The highest BCUT2D eigenvalue weighted by atomic mass is 16.3. The van der Waals surface area contributed by atoms with Crippen LogP contribution in [0.3, 0.4) is 0 Å². The van der Waals surface area contributed by atoms with Gasteiger partial charge >= 0.3 is 0 Å². The summed E-state index contributed by atoms with van der Waals surface area (Å²) in [6.07, 6.45) is 0. The number of hydrogen-bond donors (Lipinski definition) is 1. The smallest absolute Gasteiger partial charge is 0.150 e. The van der Waals surface area contributed by atoms with Gasteiger partial charge in [0.25, 0.3) is 0 Å². The Bertz CT molecular complexity index is 1080. The topological polar surface area (TPSA) is 50.9 Å². The molecule has 4 nitrogen and oxygen atoms in total. The highest BCUT2D eigenvalue weighted by Crippen LogP contribution is 2.37. The molecule has 28 heavy (non-hydrogen) atoms. The van der Waals surface area contributed by atoms with E-state index in [1.165, 1.54) is 15.9 Å². The molecule has 0 saturated carbocycles. The van der Waals surface area contributed by atoms with Gasteiger partial charge in [-0.15, -0.1) is 15.0 Å². The molecule has 0 fully saturated rings. The van der Waals surface area contributed by atoms with Gasteiger partial charge in [-0.3, -0.25) is 0 Å². The lowest BCUT2D eigenvalue weighted by Crippen LogP contribution is -2.00. The molecule has 0 aliphatic rings. The Morgan fingerprint density at radius 1 is 0.750 bits per heavy atom. The number of phenols is 1. The molecule has 1 N–H and O–H groups in total. The van der Waals surface area contributed by atoms with Crippen LogP contribution < -0.4 is 0 Å². The van der Waals surface area contributed by atoms with Gasteiger partial charge in [0.2, 0.25) is 0 Å². The van der Waals surface area contributed by atoms with Crippen molar-refractivity contribution in [2.45, 2.75) is 39.5 Å². The average molecular weight is 371 g/mol. The molecule has 0 spiro atoms. The number of aromatic hydroxyl groups is 1. The van der Waals surface area contributed by atoms with Crippen LogP contribution in [0.25, 0.3) is 27.8 Å². The lowest BCUT2D eigenvalue weighted by atomic mass is 9.90. The fourth-order valence-corrected chi connectivity index (χ4v) is 3.39. The zero-order valence-corrected chi connectivity index (χ0v) is 16.7. The molecule has 4 heteroatoms. The van der Waals surface area contributed by atoms with Crippen LogP contribution in [0.1, 0.15) is 50.7 Å². The molecule has 1 aromatic heterocycles. The largest absolute Gasteiger partial charge is 0.505 e. The van der Waals surface area contributed by atoms with Crippen molar-refractivity contribution in [3.8, 4) is 22.6 Å². The highest BCUT2D eigenvalue weighted by Gasteiger charge is 2.15. The first-order valence-corrected chi connectivity index (χ1v) is 9.73. The maximum Gasteiger partial charge on any atom is 0.150 e. The number of aromatic nitrogens is 3. The van der Waals surface area contributed by atoms with Crippen molar-refractivity contribution in [1.29, 1.82) is 0 Å². The third-order valence-electron chi connectivity index (χ3n) is 5.14. The summed E-state index contributed by atoms with van der Waals surface area (Å²) >= 11 is 0. The van der Waals surface area contributed by atoms with Gasteiger partial charge in [-0.1, -0.05) is 70.2 Å². The van der Waals surface area contributed by atoms with Crippen LogP contribution in [0.5, 0.6) is 5.75 Å². The van der Waals surface area contributed by atoms with Gasteiger partial charge in [-0.2, -0.15) is 0 Å². The van der Waals surface area contributed by atoms with Gasteiger partial charge in [0.15, 0.2) is 5.75 Å². The molecule has 4 rings (SSSR count). The van der Waals surface area contributed by atoms with Crippen molar-refractivity contribution >= 4 is 11.0 Å². The van der Waals surface area contributed by atoms with Crippen molar-refractivity contribution in [1.82, 2.24) is 15.0 Å². The van der Waals surface area contributed by atoms with Crippen LogP contribution in [0, 0.1) is 0 Å². The molecule has 0 saturated heterocycles. The van der Waals surface area contributed by atoms with E-state index in [9.17, 15) is 5.11 Å². The van der Waals surface area contributed by atoms with E-state index in [-0.39, 0.29) is 5.75 Å². The molecule has 0 aliphatic carbocycles. The second-order valence-corrected chi connectivity index (χ2v) is 7.85. The Hall–Kier alpha value is -3.14. The van der Waals surface area contributed by atoms with Crippen molar-refractivity contribution in [3.63, 3.8) is 0 Å². The minimum absolute atomic E-state index is 0.193. The Labute approximate surface area is 165 Å². The lowest BCUT2D eigenvalue weighted by molar-refractivity contribution is 0.470. The lowest BCUT2D eigenvalue weighted by Gasteiger charge is -2.16. The Kier molecular flexibility index (Phi) is 4.63. The third-order valence-corrected chi connectivity index (χ3v) is 5.14. The van der Waals surface area contributed by atoms with Crippen LogP contribution in [0.4, 0.5) is 0 Å². The zero-order chi connectivity index (χ0) is 19.8. The van der Waals surface area contributed by atoms with Crippen LogP contribution in [0.2, 0.25) is 0 Å². The molecule has 0 unspecified atom stereocenters. The fraction of sp³-hybridized carbons (Fsp3) is 0.250. The predicted octanol–water partition coefficient (Wildman–Crippen LogP) is 6.04. The van der Waals surface area contributed by atoms with Crippen molar-refractivity contribution in [2.75, 3.05) is 0 Å². The average Bonchev–Trinajstić information content (AvgIpc) is 3.11. The SMILES string of the molecule is CC(C)c1cc(-c2cccc(-n3nc4ccccc4n3)c2O)cc(C(C)C)c1. The minimum Gasteiger partial charge on any atom is -0.505 e. The van der Waals surface area contributed by atoms with E-state index < -0.39 is 0 Å². The van der Waals surface area contributed by atoms with E-state index in [1.807, 2.05) is 42.5 Å². The summed E-state index contributed by atoms with van der Waals surface area (Å²) in [6, 6.07) is 20.0. The van der Waals surface area contributed by atoms with Crippen molar-refractivity contribution in [3.05, 3.63) is 71.8 Å². The number of hydrogen-bond acceptors (Lipinski definition) is 3. The molecule has 1 heterocycles. The molecule has 4 aromatic rings. The van der Waals surface area contributed by atoms with E-state index in [1.54, 1.807) is 0 Å². The van der Waals surface area contributed by atoms with Gasteiger partial charge in [0.1, 0.15) is 16.7 Å². The molecule has 0 atom stereocenters. The maximum atomic E-state index is 11.1. The molecular formula is C24H25N3O. The molecule has 0 aliphatic heterocycles. The van der Waals surface area contributed by atoms with Crippen LogP contribution in [-0.4, -0.2) is 20.1 Å². The fourth-order valence-electron chi connectivity index (χ4n) is 3.39. The van der Waals surface area contributed by atoms with Gasteiger partial charge in [-0.05, 0) is 46.7 Å². The summed E-state index contributed by atoms with van der Waals surface area (Å²) in [7, 11) is 0. The summed E-state index contributed by atoms with van der Waals surface area (Å²) < 4.78 is 0. The molecular weight excluding hydrogens is 346 g/mol. The minimum atomic E-state index is 0.193. The second kappa shape index (κ2) is 7.12. The number of benzene rings is 3. The number of phenolic OH excluding ortho intramolecular Hbond substituents is 1. The first kappa shape index (κ1) is 18.2. The van der Waals surface area contributed by atoms with E-state index >= 15 is 0 Å². The highest BCUT2D eigenvalue weighted by molar-refractivity contribution is 5.77. The van der Waals surface area contributed by atoms with Crippen molar-refractivity contribution in [2.24, 2.45) is 0 Å². The molecule has 0 radical (unpaired) electrons. The zero-order valence-electron chi connectivity index (χ0n) is 16.7. The van der Waals surface area contributed by atoms with Gasteiger partial charge in [0, 0.05) is 5.56 Å². The van der Waals surface area contributed by atoms with Crippen LogP contribution >= 0.6 is 0 Å². The molecule has 0 bridgehead atoms. The van der Waals surface area contributed by atoms with Gasteiger partial charge in [-0.25, -0.2) is 0 Å². The van der Waals surface area contributed by atoms with E-state index in [2.05, 4.69) is 56.1 Å². The molecule has 142 valence electrons. The molecule has 0 amide bonds. The van der Waals surface area contributed by atoms with E-state index in [0.717, 1.165) is 22.2 Å². The summed E-state index contributed by atoms with van der Waals surface area (Å²) in [5.74, 6) is 1.03. The Balaban J connectivity index is 1.87. The first-order valence-electron chi connectivity index (χ1n) is 9.73. The standard InChI is InChI=1S/C24H25N3O/c1-15(2)17-12-18(16(3)4)14-19(13-17)20-8-7-11-23(24(20)28)27-25-21-9-5-6-10-22(21)26-27/h5-16,28H,1-4H3. The van der Waals surface area contributed by atoms with Crippen LogP contribution in [0.15, 0.2) is 60.7 Å². The van der Waals surface area contributed by atoms with Crippen molar-refractivity contribution < 1.29 is 5.11 Å². The molecule has 3 aromatic carbocycles. The summed E-state index contributed by atoms with van der Waals surface area (Å²) in [5.41, 5.74) is 6.54. The van der Waals surface area contributed by atoms with Gasteiger partial charge < -0.3 is 5.11 Å². The normalized spacial score (nSPS) is 11.6. The predicted molar refractivity (Wildman–Crippen MR) is 114 cm³/mol. The first-order chi connectivity index (χ1) is 13.4.